The van der Waals surface area contributed by atoms with E-state index >= 15 is 0 Å². The molecule has 1 aliphatic carbocycles. The Hall–Kier alpha value is -2.43. The zero-order valence-corrected chi connectivity index (χ0v) is 12.5. The molecule has 0 fully saturated rings. The Labute approximate surface area is 128 Å². The zero-order chi connectivity index (χ0) is 16.0. The van der Waals surface area contributed by atoms with E-state index in [4.69, 9.17) is 0 Å². The average Bonchev–Trinajstić information content (AvgIpc) is 2.60. The van der Waals surface area contributed by atoms with Crippen LogP contribution in [0.5, 0.6) is 0 Å². The lowest BCUT2D eigenvalue weighted by Gasteiger charge is -2.29. The van der Waals surface area contributed by atoms with Gasteiger partial charge in [-0.05, 0) is 26.7 Å². The highest BCUT2D eigenvalue weighted by Gasteiger charge is 2.38. The van der Waals surface area contributed by atoms with Crippen LogP contribution in [0, 0.1) is 0 Å². The molecule has 0 saturated heterocycles. The van der Waals surface area contributed by atoms with E-state index in [-0.39, 0.29) is 36.5 Å². The second kappa shape index (κ2) is 5.09. The molecule has 1 heterocycles. The molecule has 0 unspecified atom stereocenters. The fraction of sp³-hybridized carbons (Fsp3) is 0.353. The molecule has 1 aromatic carbocycles. The van der Waals surface area contributed by atoms with Crippen molar-refractivity contribution in [3.05, 3.63) is 46.5 Å². The lowest BCUT2D eigenvalue weighted by atomic mass is 9.81. The van der Waals surface area contributed by atoms with E-state index in [0.29, 0.717) is 22.3 Å². The molecule has 2 atom stereocenters. The first kappa shape index (κ1) is 14.5. The van der Waals surface area contributed by atoms with E-state index in [2.05, 4.69) is 0 Å². The number of carbonyl (C=O) groups is 3. The van der Waals surface area contributed by atoms with Gasteiger partial charge in [0.1, 0.15) is 0 Å². The number of fused-ring (bicyclic) bond motifs is 1. The maximum Gasteiger partial charge on any atom is 0.407 e. The molecular weight excluding hydrogens is 282 g/mol. The minimum atomic E-state index is -1.02. The summed E-state index contributed by atoms with van der Waals surface area (Å²) >= 11 is 0. The van der Waals surface area contributed by atoms with Gasteiger partial charge in [-0.2, -0.15) is 0 Å². The van der Waals surface area contributed by atoms with Crippen LogP contribution in [0.15, 0.2) is 35.4 Å². The molecule has 3 rings (SSSR count). The molecule has 1 amide bonds. The first-order valence-electron chi connectivity index (χ1n) is 7.33. The summed E-state index contributed by atoms with van der Waals surface area (Å²) < 4.78 is 0. The predicted molar refractivity (Wildman–Crippen MR) is 80.2 cm³/mol. The standard InChI is InChI=1S/C17H17NO4/c1-9-7-13-14(8-10(2)18(9)17(21)22)16(20)12-6-4-3-5-11(12)15(13)19/h3-6,9-10H,7-8H2,1-2H3,(H,21,22)/t9-,10-/m0/s1. The summed E-state index contributed by atoms with van der Waals surface area (Å²) in [5, 5.41) is 9.38. The molecule has 0 spiro atoms. The Morgan fingerprint density at radius 1 is 1.00 bits per heavy atom. The topological polar surface area (TPSA) is 74.7 Å². The maximum atomic E-state index is 12.7. The van der Waals surface area contributed by atoms with Gasteiger partial charge in [-0.15, -0.1) is 0 Å². The number of ketones is 2. The van der Waals surface area contributed by atoms with Gasteiger partial charge in [0.05, 0.1) is 0 Å². The highest BCUT2D eigenvalue weighted by molar-refractivity contribution is 6.27. The van der Waals surface area contributed by atoms with Crippen molar-refractivity contribution in [1.29, 1.82) is 0 Å². The van der Waals surface area contributed by atoms with Gasteiger partial charge in [0.2, 0.25) is 0 Å². The van der Waals surface area contributed by atoms with Gasteiger partial charge in [-0.3, -0.25) is 9.59 Å². The first-order valence-corrected chi connectivity index (χ1v) is 7.33. The number of rotatable bonds is 0. The van der Waals surface area contributed by atoms with Crippen LogP contribution in [-0.2, 0) is 0 Å². The van der Waals surface area contributed by atoms with E-state index in [9.17, 15) is 19.5 Å². The van der Waals surface area contributed by atoms with Gasteiger partial charge in [-0.1, -0.05) is 24.3 Å². The van der Waals surface area contributed by atoms with E-state index in [0.717, 1.165) is 0 Å². The molecule has 5 nitrogen and oxygen atoms in total. The van der Waals surface area contributed by atoms with Crippen molar-refractivity contribution in [2.24, 2.45) is 0 Å². The molecule has 1 aromatic rings. The number of nitrogens with zero attached hydrogens (tertiary/aromatic N) is 1. The minimum absolute atomic E-state index is 0.142. The minimum Gasteiger partial charge on any atom is -0.465 e. The third-order valence-corrected chi connectivity index (χ3v) is 4.50. The van der Waals surface area contributed by atoms with Crippen molar-refractivity contribution in [3.8, 4) is 0 Å². The summed E-state index contributed by atoms with van der Waals surface area (Å²) in [6.07, 6.45) is -0.451. The van der Waals surface area contributed by atoms with Crippen molar-refractivity contribution in [2.75, 3.05) is 0 Å². The highest BCUT2D eigenvalue weighted by Crippen LogP contribution is 2.35. The molecule has 5 heteroatoms. The van der Waals surface area contributed by atoms with Crippen LogP contribution < -0.4 is 0 Å². The number of carbonyl (C=O) groups excluding carboxylic acids is 2. The molecule has 0 radical (unpaired) electrons. The van der Waals surface area contributed by atoms with Crippen LogP contribution in [0.2, 0.25) is 0 Å². The Bertz CT molecular complexity index is 666. The molecule has 1 N–H and O–H groups in total. The van der Waals surface area contributed by atoms with E-state index < -0.39 is 6.09 Å². The van der Waals surface area contributed by atoms with E-state index in [1.807, 2.05) is 0 Å². The molecular formula is C17H17NO4. The van der Waals surface area contributed by atoms with Crippen LogP contribution in [-0.4, -0.2) is 39.7 Å². The van der Waals surface area contributed by atoms with Crippen LogP contribution in [0.1, 0.15) is 47.4 Å². The molecule has 0 saturated carbocycles. The van der Waals surface area contributed by atoms with E-state index in [1.165, 1.54) is 4.90 Å². The van der Waals surface area contributed by atoms with Crippen molar-refractivity contribution in [2.45, 2.75) is 38.8 Å². The van der Waals surface area contributed by atoms with Crippen molar-refractivity contribution in [3.63, 3.8) is 0 Å². The van der Waals surface area contributed by atoms with Gasteiger partial charge in [0.25, 0.3) is 0 Å². The van der Waals surface area contributed by atoms with Crippen LogP contribution in [0.3, 0.4) is 0 Å². The van der Waals surface area contributed by atoms with Gasteiger partial charge in [-0.25, -0.2) is 4.79 Å². The van der Waals surface area contributed by atoms with Crippen molar-refractivity contribution in [1.82, 2.24) is 4.90 Å². The summed E-state index contributed by atoms with van der Waals surface area (Å²) in [4.78, 5) is 38.2. The summed E-state index contributed by atoms with van der Waals surface area (Å²) in [5.41, 5.74) is 1.81. The lowest BCUT2D eigenvalue weighted by molar-refractivity contribution is 0.0969. The van der Waals surface area contributed by atoms with Gasteiger partial charge >= 0.3 is 6.09 Å². The Morgan fingerprint density at radius 3 is 1.77 bits per heavy atom. The molecule has 2 aliphatic rings. The van der Waals surface area contributed by atoms with Gasteiger partial charge < -0.3 is 10.0 Å². The summed E-state index contributed by atoms with van der Waals surface area (Å²) in [7, 11) is 0. The monoisotopic (exact) mass is 299 g/mol. The zero-order valence-electron chi connectivity index (χ0n) is 12.5. The van der Waals surface area contributed by atoms with Gasteiger partial charge in [0, 0.05) is 34.4 Å². The highest BCUT2D eigenvalue weighted by atomic mass is 16.4. The second-order valence-electron chi connectivity index (χ2n) is 5.96. The Morgan fingerprint density at radius 2 is 1.41 bits per heavy atom. The largest absolute Gasteiger partial charge is 0.465 e. The first-order chi connectivity index (χ1) is 10.4. The fourth-order valence-electron chi connectivity index (χ4n) is 3.51. The molecule has 0 aromatic heterocycles. The summed E-state index contributed by atoms with van der Waals surface area (Å²) in [6, 6.07) is 6.13. The molecule has 0 bridgehead atoms. The Balaban J connectivity index is 2.10. The maximum absolute atomic E-state index is 12.7. The van der Waals surface area contributed by atoms with Crippen molar-refractivity contribution < 1.29 is 19.5 Å². The molecule has 114 valence electrons. The summed E-state index contributed by atoms with van der Waals surface area (Å²) in [6.45, 7) is 3.55. The average molecular weight is 299 g/mol. The molecule has 1 aliphatic heterocycles. The normalized spacial score (nSPS) is 24.7. The summed E-state index contributed by atoms with van der Waals surface area (Å²) in [5.74, 6) is -0.284. The van der Waals surface area contributed by atoms with Crippen LogP contribution >= 0.6 is 0 Å². The number of benzene rings is 1. The second-order valence-corrected chi connectivity index (χ2v) is 5.96. The lowest BCUT2D eigenvalue weighted by Crippen LogP contribution is -2.43. The fourth-order valence-corrected chi connectivity index (χ4v) is 3.51. The van der Waals surface area contributed by atoms with Crippen LogP contribution in [0.4, 0.5) is 4.79 Å². The smallest absolute Gasteiger partial charge is 0.407 e. The molecule has 22 heavy (non-hydrogen) atoms. The number of amides is 1. The number of carboxylic acid groups (broad SMARTS) is 1. The van der Waals surface area contributed by atoms with Gasteiger partial charge in [0.15, 0.2) is 11.6 Å². The Kier molecular flexibility index (Phi) is 3.35. The van der Waals surface area contributed by atoms with Crippen LogP contribution in [0.25, 0.3) is 0 Å². The SMILES string of the molecule is C[C@H]1CC2=C(C[C@H](C)N1C(=O)O)C(=O)c1ccccc1C2=O. The number of hydrogen-bond donors (Lipinski definition) is 1. The van der Waals surface area contributed by atoms with Crippen molar-refractivity contribution >= 4 is 17.7 Å². The third kappa shape index (κ3) is 2.04. The number of hydrogen-bond acceptors (Lipinski definition) is 3. The third-order valence-electron chi connectivity index (χ3n) is 4.50. The number of Topliss-reactive ketones (excluding diaryl/α,β-unsaturated/α-hetero) is 2. The quantitative estimate of drug-likeness (QED) is 0.799. The predicted octanol–water partition coefficient (Wildman–Crippen LogP) is 2.91. The van der Waals surface area contributed by atoms with E-state index in [1.54, 1.807) is 38.1 Å².